The van der Waals surface area contributed by atoms with Crippen LogP contribution >= 0.6 is 0 Å². The molecular formula is C28H30N2O5. The molecule has 2 aromatic heterocycles. The van der Waals surface area contributed by atoms with E-state index in [1.165, 1.54) is 6.26 Å². The van der Waals surface area contributed by atoms with Gasteiger partial charge in [-0.05, 0) is 49.2 Å². The zero-order valence-electron chi connectivity index (χ0n) is 20.2. The molecule has 0 amide bonds. The summed E-state index contributed by atoms with van der Waals surface area (Å²) in [5.41, 5.74) is 3.37. The van der Waals surface area contributed by atoms with Crippen molar-refractivity contribution in [2.75, 3.05) is 7.11 Å². The van der Waals surface area contributed by atoms with E-state index in [-0.39, 0.29) is 23.1 Å². The molecular weight excluding hydrogens is 444 g/mol. The lowest BCUT2D eigenvalue weighted by atomic mass is 9.89. The van der Waals surface area contributed by atoms with Crippen LogP contribution in [0.3, 0.4) is 0 Å². The largest absolute Gasteiger partial charge is 0.503 e. The summed E-state index contributed by atoms with van der Waals surface area (Å²) in [6.45, 7) is 4.18. The molecule has 4 aromatic rings. The highest BCUT2D eigenvalue weighted by atomic mass is 16.5. The number of ether oxygens (including phenoxy) is 1. The molecule has 0 aliphatic heterocycles. The molecule has 0 radical (unpaired) electrons. The number of aromatic hydroxyl groups is 2. The number of ketones is 1. The van der Waals surface area contributed by atoms with Gasteiger partial charge in [0.15, 0.2) is 11.5 Å². The van der Waals surface area contributed by atoms with Crippen LogP contribution in [0.1, 0.15) is 67.1 Å². The Morgan fingerprint density at radius 2 is 1.66 bits per heavy atom. The summed E-state index contributed by atoms with van der Waals surface area (Å²) in [6.07, 6.45) is 4.94. The Labute approximate surface area is 204 Å². The molecule has 0 spiro atoms. The number of hydrogen-bond acceptors (Lipinski definition) is 6. The maximum Gasteiger partial charge on any atom is 0.240 e. The van der Waals surface area contributed by atoms with Crippen LogP contribution in [-0.2, 0) is 0 Å². The third-order valence-electron chi connectivity index (χ3n) is 6.26. The third-order valence-corrected chi connectivity index (χ3v) is 6.26. The van der Waals surface area contributed by atoms with Crippen LogP contribution in [0.25, 0.3) is 16.9 Å². The van der Waals surface area contributed by atoms with Gasteiger partial charge in [0.2, 0.25) is 5.88 Å². The van der Waals surface area contributed by atoms with Crippen molar-refractivity contribution in [1.29, 1.82) is 0 Å². The van der Waals surface area contributed by atoms with Crippen LogP contribution in [-0.4, -0.2) is 32.8 Å². The van der Waals surface area contributed by atoms with E-state index in [0.29, 0.717) is 28.4 Å². The summed E-state index contributed by atoms with van der Waals surface area (Å²) in [7, 11) is 1.56. The molecule has 0 saturated heterocycles. The summed E-state index contributed by atoms with van der Waals surface area (Å²) in [6, 6.07) is 15.9. The van der Waals surface area contributed by atoms with E-state index in [0.717, 1.165) is 31.2 Å². The number of benzene rings is 2. The average molecular weight is 475 g/mol. The van der Waals surface area contributed by atoms with E-state index in [2.05, 4.69) is 19.0 Å². The van der Waals surface area contributed by atoms with E-state index < -0.39 is 5.75 Å². The molecule has 0 aliphatic carbocycles. The molecule has 2 heterocycles. The predicted molar refractivity (Wildman–Crippen MR) is 134 cm³/mol. The van der Waals surface area contributed by atoms with Crippen LogP contribution in [0.2, 0.25) is 0 Å². The monoisotopic (exact) mass is 474 g/mol. The van der Waals surface area contributed by atoms with Crippen LogP contribution in [0.4, 0.5) is 0 Å². The van der Waals surface area contributed by atoms with E-state index in [9.17, 15) is 15.0 Å². The van der Waals surface area contributed by atoms with Gasteiger partial charge in [-0.25, -0.2) is 0 Å². The van der Waals surface area contributed by atoms with Crippen molar-refractivity contribution < 1.29 is 24.3 Å². The highest BCUT2D eigenvalue weighted by Gasteiger charge is 2.32. The van der Waals surface area contributed by atoms with Crippen LogP contribution in [0.15, 0.2) is 65.4 Å². The third kappa shape index (κ3) is 4.67. The molecule has 0 bridgehead atoms. The van der Waals surface area contributed by atoms with E-state index in [1.54, 1.807) is 42.0 Å². The lowest BCUT2D eigenvalue weighted by molar-refractivity contribution is 0.103. The van der Waals surface area contributed by atoms with Crippen molar-refractivity contribution in [2.45, 2.75) is 45.4 Å². The lowest BCUT2D eigenvalue weighted by Gasteiger charge is -2.21. The van der Waals surface area contributed by atoms with Crippen LogP contribution < -0.4 is 4.74 Å². The molecule has 0 aliphatic rings. The summed E-state index contributed by atoms with van der Waals surface area (Å²) >= 11 is 0. The molecule has 0 unspecified atom stereocenters. The highest BCUT2D eigenvalue weighted by molar-refractivity contribution is 6.12. The normalized spacial score (nSPS) is 11.2. The summed E-state index contributed by atoms with van der Waals surface area (Å²) in [5.74, 6) is -0.481. The number of nitrogens with zero attached hydrogens (tertiary/aromatic N) is 2. The molecule has 0 saturated carbocycles. The number of hydrogen-bond donors (Lipinski definition) is 2. The van der Waals surface area contributed by atoms with Gasteiger partial charge in [-0.15, -0.1) is 0 Å². The second kappa shape index (κ2) is 10.5. The van der Waals surface area contributed by atoms with E-state index in [4.69, 9.17) is 9.26 Å². The summed E-state index contributed by atoms with van der Waals surface area (Å²) in [4.78, 5) is 13.7. The van der Waals surface area contributed by atoms with Gasteiger partial charge in [0, 0.05) is 34.5 Å². The first-order valence-corrected chi connectivity index (χ1v) is 11.9. The Kier molecular flexibility index (Phi) is 7.25. The molecule has 2 aromatic carbocycles. The molecule has 35 heavy (non-hydrogen) atoms. The number of carbonyl (C=O) groups is 1. The maximum absolute atomic E-state index is 13.7. The Hall–Kier alpha value is -4.00. The molecule has 0 fully saturated rings. The zero-order chi connectivity index (χ0) is 24.9. The quantitative estimate of drug-likeness (QED) is 0.256. The topological polar surface area (TPSA) is 97.7 Å². The first-order chi connectivity index (χ1) is 17.0. The van der Waals surface area contributed by atoms with Gasteiger partial charge in [-0.1, -0.05) is 44.0 Å². The van der Waals surface area contributed by atoms with E-state index in [1.807, 2.05) is 24.3 Å². The molecule has 7 heteroatoms. The Morgan fingerprint density at radius 3 is 2.20 bits per heavy atom. The first-order valence-electron chi connectivity index (χ1n) is 11.9. The van der Waals surface area contributed by atoms with Crippen molar-refractivity contribution in [1.82, 2.24) is 9.72 Å². The SMILES string of the molecule is CCCC(CCC)c1c(C(=O)c2ccc(OC)cc2)c(O)c(O)n1-c1ccc(-c2ccon2)cc1. The van der Waals surface area contributed by atoms with Crippen molar-refractivity contribution in [3.63, 3.8) is 0 Å². The molecule has 2 N–H and O–H groups in total. The molecule has 0 atom stereocenters. The fraction of sp³-hybridized carbons (Fsp3) is 0.286. The fourth-order valence-corrected chi connectivity index (χ4v) is 4.58. The number of methoxy groups -OCH3 is 1. The van der Waals surface area contributed by atoms with Gasteiger partial charge in [-0.3, -0.25) is 9.36 Å². The Morgan fingerprint density at radius 1 is 1.00 bits per heavy atom. The number of aromatic nitrogens is 2. The van der Waals surface area contributed by atoms with Gasteiger partial charge < -0.3 is 19.5 Å². The van der Waals surface area contributed by atoms with Crippen LogP contribution in [0.5, 0.6) is 17.4 Å². The Balaban J connectivity index is 1.88. The fourth-order valence-electron chi connectivity index (χ4n) is 4.58. The second-order valence-corrected chi connectivity index (χ2v) is 8.53. The van der Waals surface area contributed by atoms with Gasteiger partial charge >= 0.3 is 0 Å². The van der Waals surface area contributed by atoms with Gasteiger partial charge in [-0.2, -0.15) is 0 Å². The maximum atomic E-state index is 13.7. The smallest absolute Gasteiger partial charge is 0.240 e. The molecule has 7 nitrogen and oxygen atoms in total. The minimum atomic E-state index is -0.404. The van der Waals surface area contributed by atoms with Crippen molar-refractivity contribution >= 4 is 5.78 Å². The lowest BCUT2D eigenvalue weighted by Crippen LogP contribution is -2.12. The minimum Gasteiger partial charge on any atom is -0.503 e. The van der Waals surface area contributed by atoms with Crippen molar-refractivity contribution in [3.05, 3.63) is 77.7 Å². The minimum absolute atomic E-state index is 0.0239. The Bertz CT molecular complexity index is 1270. The van der Waals surface area contributed by atoms with Gasteiger partial charge in [0.25, 0.3) is 0 Å². The second-order valence-electron chi connectivity index (χ2n) is 8.53. The average Bonchev–Trinajstić information content (AvgIpc) is 3.51. The standard InChI is InChI=1S/C28H30N2O5/c1-4-6-19(7-5-2)25-24(26(31)20-10-14-22(34-3)15-11-20)27(32)28(33)30(25)21-12-8-18(9-13-21)23-16-17-35-29-23/h8-17,19,32-33H,4-7H2,1-3H3. The van der Waals surface area contributed by atoms with Crippen LogP contribution in [0, 0.1) is 0 Å². The van der Waals surface area contributed by atoms with Crippen molar-refractivity contribution in [2.24, 2.45) is 0 Å². The van der Waals surface area contributed by atoms with Gasteiger partial charge in [0.1, 0.15) is 17.7 Å². The van der Waals surface area contributed by atoms with Gasteiger partial charge in [0.05, 0.1) is 12.7 Å². The van der Waals surface area contributed by atoms with Crippen molar-refractivity contribution in [3.8, 4) is 34.3 Å². The highest BCUT2D eigenvalue weighted by Crippen LogP contribution is 2.44. The molecule has 4 rings (SSSR count). The van der Waals surface area contributed by atoms with E-state index >= 15 is 0 Å². The summed E-state index contributed by atoms with van der Waals surface area (Å²) < 4.78 is 11.7. The first kappa shape index (κ1) is 24.1. The number of carbonyl (C=O) groups excluding carboxylic acids is 1. The number of rotatable bonds is 10. The predicted octanol–water partition coefficient (Wildman–Crippen LogP) is 6.47. The summed E-state index contributed by atoms with van der Waals surface area (Å²) in [5, 5.41) is 26.1. The zero-order valence-corrected chi connectivity index (χ0v) is 20.2. The molecule has 182 valence electrons.